The summed E-state index contributed by atoms with van der Waals surface area (Å²) < 4.78 is 10.6. The first-order chi connectivity index (χ1) is 8.31. The van der Waals surface area contributed by atoms with E-state index in [0.29, 0.717) is 6.04 Å². The van der Waals surface area contributed by atoms with Crippen LogP contribution in [0, 0.1) is 5.92 Å². The quantitative estimate of drug-likeness (QED) is 0.646. The zero-order valence-electron chi connectivity index (χ0n) is 11.2. The second-order valence-electron chi connectivity index (χ2n) is 5.36. The lowest BCUT2D eigenvalue weighted by molar-refractivity contribution is -0.117. The standard InChI is InChI=1S/C13H26N2O2/c1-16-13(17-2)10-15(8-11-5-6-11)9-12-4-3-7-14-12/h11-14H,3-10H2,1-2H3. The molecule has 4 nitrogen and oxygen atoms in total. The lowest BCUT2D eigenvalue weighted by atomic mass is 10.2. The maximum absolute atomic E-state index is 5.31. The molecule has 2 fully saturated rings. The van der Waals surface area contributed by atoms with Gasteiger partial charge in [-0.2, -0.15) is 0 Å². The van der Waals surface area contributed by atoms with Crippen molar-refractivity contribution in [2.75, 3.05) is 40.4 Å². The molecule has 0 amide bonds. The first-order valence-corrected chi connectivity index (χ1v) is 6.83. The molecule has 0 aromatic carbocycles. The molecule has 0 radical (unpaired) electrons. The van der Waals surface area contributed by atoms with Gasteiger partial charge < -0.3 is 14.8 Å². The van der Waals surface area contributed by atoms with Crippen LogP contribution in [-0.4, -0.2) is 57.6 Å². The minimum atomic E-state index is -0.0878. The van der Waals surface area contributed by atoms with E-state index in [4.69, 9.17) is 9.47 Å². The molecule has 1 saturated carbocycles. The molecule has 1 atom stereocenters. The summed E-state index contributed by atoms with van der Waals surface area (Å²) in [5, 5.41) is 3.57. The van der Waals surface area contributed by atoms with Crippen molar-refractivity contribution < 1.29 is 9.47 Å². The van der Waals surface area contributed by atoms with Gasteiger partial charge in [-0.15, -0.1) is 0 Å². The Kier molecular flexibility index (Phi) is 5.22. The Morgan fingerprint density at radius 2 is 1.94 bits per heavy atom. The molecule has 17 heavy (non-hydrogen) atoms. The number of methoxy groups -OCH3 is 2. The summed E-state index contributed by atoms with van der Waals surface area (Å²) in [6.07, 6.45) is 5.35. The Morgan fingerprint density at radius 3 is 2.47 bits per heavy atom. The molecule has 2 aliphatic rings. The van der Waals surface area contributed by atoms with Crippen LogP contribution in [0.1, 0.15) is 25.7 Å². The highest BCUT2D eigenvalue weighted by molar-refractivity contribution is 4.82. The van der Waals surface area contributed by atoms with E-state index >= 15 is 0 Å². The van der Waals surface area contributed by atoms with Crippen molar-refractivity contribution in [1.29, 1.82) is 0 Å². The molecule has 2 rings (SSSR count). The second-order valence-corrected chi connectivity index (χ2v) is 5.36. The highest BCUT2D eigenvalue weighted by Crippen LogP contribution is 2.30. The molecule has 0 aromatic rings. The fourth-order valence-corrected chi connectivity index (χ4v) is 2.57. The summed E-state index contributed by atoms with van der Waals surface area (Å²) in [6, 6.07) is 0.670. The van der Waals surface area contributed by atoms with Crippen molar-refractivity contribution in [3.63, 3.8) is 0 Å². The number of nitrogens with zero attached hydrogens (tertiary/aromatic N) is 1. The summed E-state index contributed by atoms with van der Waals surface area (Å²) in [6.45, 7) is 4.42. The van der Waals surface area contributed by atoms with E-state index < -0.39 is 0 Å². The van der Waals surface area contributed by atoms with Gasteiger partial charge in [0.05, 0.1) is 0 Å². The Bertz CT molecular complexity index is 207. The van der Waals surface area contributed by atoms with Gasteiger partial charge >= 0.3 is 0 Å². The second kappa shape index (κ2) is 6.69. The first kappa shape index (κ1) is 13.3. The number of rotatable bonds is 8. The number of hydrogen-bond acceptors (Lipinski definition) is 4. The van der Waals surface area contributed by atoms with Crippen molar-refractivity contribution >= 4 is 0 Å². The third-order valence-electron chi connectivity index (χ3n) is 3.79. The molecule has 1 aliphatic heterocycles. The monoisotopic (exact) mass is 242 g/mol. The molecule has 0 spiro atoms. The van der Waals surface area contributed by atoms with Gasteiger partial charge in [0.15, 0.2) is 6.29 Å². The van der Waals surface area contributed by atoms with Gasteiger partial charge in [0.1, 0.15) is 0 Å². The van der Waals surface area contributed by atoms with Crippen LogP contribution in [0.25, 0.3) is 0 Å². The smallest absolute Gasteiger partial charge is 0.169 e. The maximum atomic E-state index is 5.31. The van der Waals surface area contributed by atoms with Crippen LogP contribution in [0.15, 0.2) is 0 Å². The number of nitrogens with one attached hydrogen (secondary N) is 1. The van der Waals surface area contributed by atoms with Gasteiger partial charge in [-0.1, -0.05) is 0 Å². The normalized spacial score (nSPS) is 25.1. The number of hydrogen-bond donors (Lipinski definition) is 1. The lowest BCUT2D eigenvalue weighted by Gasteiger charge is -2.28. The van der Waals surface area contributed by atoms with Gasteiger partial charge in [-0.05, 0) is 38.1 Å². The molecule has 100 valence electrons. The molecular formula is C13H26N2O2. The van der Waals surface area contributed by atoms with E-state index in [1.54, 1.807) is 14.2 Å². The first-order valence-electron chi connectivity index (χ1n) is 6.83. The van der Waals surface area contributed by atoms with Crippen LogP contribution in [0.3, 0.4) is 0 Å². The Balaban J connectivity index is 1.77. The predicted molar refractivity (Wildman–Crippen MR) is 68.0 cm³/mol. The van der Waals surface area contributed by atoms with Crippen LogP contribution >= 0.6 is 0 Å². The molecular weight excluding hydrogens is 216 g/mol. The minimum Gasteiger partial charge on any atom is -0.355 e. The topological polar surface area (TPSA) is 33.7 Å². The summed E-state index contributed by atoms with van der Waals surface area (Å²) in [5.41, 5.74) is 0. The third-order valence-corrected chi connectivity index (χ3v) is 3.79. The van der Waals surface area contributed by atoms with E-state index in [1.807, 2.05) is 0 Å². The van der Waals surface area contributed by atoms with E-state index in [0.717, 1.165) is 19.0 Å². The summed E-state index contributed by atoms with van der Waals surface area (Å²) in [5.74, 6) is 0.922. The molecule has 0 aromatic heterocycles. The highest BCUT2D eigenvalue weighted by atomic mass is 16.7. The van der Waals surface area contributed by atoms with E-state index in [1.165, 1.54) is 38.8 Å². The lowest BCUT2D eigenvalue weighted by Crippen LogP contribution is -2.43. The van der Waals surface area contributed by atoms with Crippen molar-refractivity contribution in [2.45, 2.75) is 38.0 Å². The molecule has 1 N–H and O–H groups in total. The van der Waals surface area contributed by atoms with Gasteiger partial charge in [-0.3, -0.25) is 4.90 Å². The van der Waals surface area contributed by atoms with Crippen LogP contribution < -0.4 is 5.32 Å². The molecule has 1 saturated heterocycles. The van der Waals surface area contributed by atoms with Crippen LogP contribution in [0.4, 0.5) is 0 Å². The van der Waals surface area contributed by atoms with Gasteiger partial charge in [0.25, 0.3) is 0 Å². The summed E-state index contributed by atoms with van der Waals surface area (Å²) in [7, 11) is 3.44. The third kappa shape index (κ3) is 4.54. The van der Waals surface area contributed by atoms with Gasteiger partial charge in [0, 0.05) is 39.9 Å². The minimum absolute atomic E-state index is 0.0878. The van der Waals surface area contributed by atoms with Gasteiger partial charge in [-0.25, -0.2) is 0 Å². The molecule has 4 heteroatoms. The van der Waals surface area contributed by atoms with Gasteiger partial charge in [0.2, 0.25) is 0 Å². The Labute approximate surface area is 105 Å². The van der Waals surface area contributed by atoms with Crippen molar-refractivity contribution in [3.05, 3.63) is 0 Å². The molecule has 1 unspecified atom stereocenters. The summed E-state index contributed by atoms with van der Waals surface area (Å²) in [4.78, 5) is 2.51. The average Bonchev–Trinajstić information content (AvgIpc) is 3.00. The maximum Gasteiger partial charge on any atom is 0.169 e. The van der Waals surface area contributed by atoms with Crippen molar-refractivity contribution in [3.8, 4) is 0 Å². The van der Waals surface area contributed by atoms with E-state index in [9.17, 15) is 0 Å². The highest BCUT2D eigenvalue weighted by Gasteiger charge is 2.27. The van der Waals surface area contributed by atoms with E-state index in [2.05, 4.69) is 10.2 Å². The SMILES string of the molecule is COC(CN(CC1CC1)CC1CCCN1)OC. The fraction of sp³-hybridized carbons (Fsp3) is 1.00. The molecule has 0 bridgehead atoms. The fourth-order valence-electron chi connectivity index (χ4n) is 2.57. The van der Waals surface area contributed by atoms with Crippen LogP contribution in [-0.2, 0) is 9.47 Å². The predicted octanol–water partition coefficient (Wildman–Crippen LogP) is 1.07. The largest absolute Gasteiger partial charge is 0.355 e. The Morgan fingerprint density at radius 1 is 1.18 bits per heavy atom. The molecule has 1 heterocycles. The van der Waals surface area contributed by atoms with Crippen LogP contribution in [0.5, 0.6) is 0 Å². The van der Waals surface area contributed by atoms with Crippen LogP contribution in [0.2, 0.25) is 0 Å². The summed E-state index contributed by atoms with van der Waals surface area (Å²) >= 11 is 0. The molecule has 1 aliphatic carbocycles. The zero-order valence-corrected chi connectivity index (χ0v) is 11.2. The number of ether oxygens (including phenoxy) is 2. The zero-order chi connectivity index (χ0) is 12.1. The van der Waals surface area contributed by atoms with Crippen molar-refractivity contribution in [2.24, 2.45) is 5.92 Å². The van der Waals surface area contributed by atoms with Crippen molar-refractivity contribution in [1.82, 2.24) is 10.2 Å². The Hall–Kier alpha value is -0.160. The van der Waals surface area contributed by atoms with E-state index in [-0.39, 0.29) is 6.29 Å². The average molecular weight is 242 g/mol.